The summed E-state index contributed by atoms with van der Waals surface area (Å²) in [5.74, 6) is 1.27. The van der Waals surface area contributed by atoms with Crippen LogP contribution in [-0.4, -0.2) is 48.2 Å². The van der Waals surface area contributed by atoms with Gasteiger partial charge in [-0.3, -0.25) is 4.98 Å². The quantitative estimate of drug-likeness (QED) is 0.576. The maximum Gasteiger partial charge on any atom is 0.226 e. The van der Waals surface area contributed by atoms with Crippen molar-refractivity contribution < 1.29 is 4.42 Å². The molecule has 0 atom stereocenters. The number of benzene rings is 1. The fraction of sp³-hybridized carbons (Fsp3) is 0.190. The molecule has 2 aromatic heterocycles. The Morgan fingerprint density at radius 1 is 1.19 bits per heavy atom. The Morgan fingerprint density at radius 3 is 2.85 bits per heavy atom. The van der Waals surface area contributed by atoms with Crippen molar-refractivity contribution in [1.29, 1.82) is 0 Å². The molecule has 27 heavy (non-hydrogen) atoms. The largest absolute Gasteiger partial charge is 0.463 e. The molecule has 136 valence electrons. The Hall–Kier alpha value is -3.25. The van der Waals surface area contributed by atoms with E-state index in [2.05, 4.69) is 37.8 Å². The lowest BCUT2D eigenvalue weighted by Gasteiger charge is -2.28. The van der Waals surface area contributed by atoms with Crippen molar-refractivity contribution in [1.82, 2.24) is 15.2 Å². The number of fused-ring (bicyclic) bond motifs is 1. The number of aliphatic imine (C=N–C) groups is 2. The van der Waals surface area contributed by atoms with Crippen molar-refractivity contribution in [2.24, 2.45) is 9.98 Å². The molecule has 6 nitrogen and oxygen atoms in total. The number of rotatable bonds is 3. The van der Waals surface area contributed by atoms with Gasteiger partial charge in [0.05, 0.1) is 11.8 Å². The van der Waals surface area contributed by atoms with Crippen molar-refractivity contribution in [2.45, 2.75) is 0 Å². The summed E-state index contributed by atoms with van der Waals surface area (Å²) in [4.78, 5) is 15.9. The second kappa shape index (κ2) is 7.97. The number of hydrogen-bond donors (Lipinski definition) is 1. The van der Waals surface area contributed by atoms with Crippen molar-refractivity contribution in [3.63, 3.8) is 0 Å². The normalized spacial score (nSPS) is 15.6. The monoisotopic (exact) mass is 359 g/mol. The van der Waals surface area contributed by atoms with Crippen LogP contribution in [0.4, 0.5) is 0 Å². The second-order valence-electron chi connectivity index (χ2n) is 6.29. The van der Waals surface area contributed by atoms with E-state index in [0.717, 1.165) is 42.6 Å². The molecule has 1 aliphatic rings. The van der Waals surface area contributed by atoms with Gasteiger partial charge in [-0.15, -0.1) is 0 Å². The second-order valence-corrected chi connectivity index (χ2v) is 6.29. The molecule has 0 radical (unpaired) electrons. The highest BCUT2D eigenvalue weighted by molar-refractivity contribution is 5.97. The number of piperazine rings is 1. The molecule has 1 N–H and O–H groups in total. The lowest BCUT2D eigenvalue weighted by Crippen LogP contribution is -2.46. The zero-order valence-electron chi connectivity index (χ0n) is 15.0. The predicted molar refractivity (Wildman–Crippen MR) is 109 cm³/mol. The number of furan rings is 1. The summed E-state index contributed by atoms with van der Waals surface area (Å²) in [6, 6.07) is 13.8. The molecule has 0 bridgehead atoms. The molecule has 1 aromatic carbocycles. The highest BCUT2D eigenvalue weighted by atomic mass is 16.3. The zero-order valence-corrected chi connectivity index (χ0v) is 15.0. The molecule has 0 saturated carbocycles. The highest BCUT2D eigenvalue weighted by Gasteiger charge is 2.15. The van der Waals surface area contributed by atoms with Crippen LogP contribution in [0, 0.1) is 0 Å². The molecule has 3 heterocycles. The summed E-state index contributed by atoms with van der Waals surface area (Å²) >= 11 is 0. The van der Waals surface area contributed by atoms with Crippen LogP contribution in [0.15, 0.2) is 75.9 Å². The number of guanidine groups is 1. The molecule has 0 amide bonds. The van der Waals surface area contributed by atoms with Crippen LogP contribution in [0.3, 0.4) is 0 Å². The molecule has 0 aliphatic carbocycles. The van der Waals surface area contributed by atoms with Gasteiger partial charge in [0.15, 0.2) is 5.76 Å². The SMILES string of the molecule is C=C(/N=C(\N=C\c1cnc2ccccc2c1)N1CCNCC1)c1ccco1. The van der Waals surface area contributed by atoms with Gasteiger partial charge in [-0.05, 0) is 24.3 Å². The first-order chi connectivity index (χ1) is 13.3. The average molecular weight is 359 g/mol. The molecule has 1 saturated heterocycles. The first kappa shape index (κ1) is 17.2. The van der Waals surface area contributed by atoms with E-state index < -0.39 is 0 Å². The third-order valence-electron chi connectivity index (χ3n) is 4.38. The van der Waals surface area contributed by atoms with E-state index in [1.54, 1.807) is 12.5 Å². The fourth-order valence-electron chi connectivity index (χ4n) is 2.96. The number of aromatic nitrogens is 1. The summed E-state index contributed by atoms with van der Waals surface area (Å²) in [5.41, 5.74) is 2.46. The highest BCUT2D eigenvalue weighted by Crippen LogP contribution is 2.16. The van der Waals surface area contributed by atoms with Gasteiger partial charge in [-0.1, -0.05) is 24.8 Å². The summed E-state index contributed by atoms with van der Waals surface area (Å²) in [7, 11) is 0. The Morgan fingerprint density at radius 2 is 2.04 bits per heavy atom. The first-order valence-corrected chi connectivity index (χ1v) is 8.95. The third kappa shape index (κ3) is 4.12. The zero-order chi connectivity index (χ0) is 18.5. The molecule has 0 spiro atoms. The van der Waals surface area contributed by atoms with Gasteiger partial charge in [-0.2, -0.15) is 0 Å². The Kier molecular flexibility index (Phi) is 5.07. The molecular formula is C21H21N5O. The fourth-order valence-corrected chi connectivity index (χ4v) is 2.96. The number of nitrogens with one attached hydrogen (secondary N) is 1. The molecule has 3 aromatic rings. The third-order valence-corrected chi connectivity index (χ3v) is 4.38. The lowest BCUT2D eigenvalue weighted by molar-refractivity contribution is 0.354. The maximum absolute atomic E-state index is 5.40. The number of para-hydroxylation sites is 1. The van der Waals surface area contributed by atoms with Crippen molar-refractivity contribution in [3.05, 3.63) is 72.8 Å². The minimum atomic E-state index is 0.558. The topological polar surface area (TPSA) is 66.0 Å². The van der Waals surface area contributed by atoms with Crippen molar-refractivity contribution in [2.75, 3.05) is 26.2 Å². The van der Waals surface area contributed by atoms with Gasteiger partial charge < -0.3 is 14.6 Å². The minimum absolute atomic E-state index is 0.558. The van der Waals surface area contributed by atoms with Gasteiger partial charge >= 0.3 is 0 Å². The van der Waals surface area contributed by atoms with E-state index in [0.29, 0.717) is 17.4 Å². The predicted octanol–water partition coefficient (Wildman–Crippen LogP) is 3.18. The van der Waals surface area contributed by atoms with Gasteiger partial charge in [0, 0.05) is 49.5 Å². The number of pyridine rings is 1. The molecule has 4 rings (SSSR count). The first-order valence-electron chi connectivity index (χ1n) is 8.95. The van der Waals surface area contributed by atoms with Crippen LogP contribution in [0.5, 0.6) is 0 Å². The number of nitrogens with zero attached hydrogens (tertiary/aromatic N) is 4. The van der Waals surface area contributed by atoms with Crippen LogP contribution in [0.25, 0.3) is 16.6 Å². The van der Waals surface area contributed by atoms with E-state index in [1.165, 1.54) is 0 Å². The van der Waals surface area contributed by atoms with Gasteiger partial charge in [0.1, 0.15) is 5.70 Å². The lowest BCUT2D eigenvalue weighted by atomic mass is 10.2. The van der Waals surface area contributed by atoms with E-state index >= 15 is 0 Å². The average Bonchev–Trinajstić information content (AvgIpc) is 3.26. The number of hydrogen-bond acceptors (Lipinski definition) is 4. The Balaban J connectivity index is 1.62. The van der Waals surface area contributed by atoms with Crippen LogP contribution in [-0.2, 0) is 0 Å². The maximum atomic E-state index is 5.40. The van der Waals surface area contributed by atoms with Crippen LogP contribution in [0.2, 0.25) is 0 Å². The van der Waals surface area contributed by atoms with Crippen LogP contribution < -0.4 is 5.32 Å². The standard InChI is InChI=1S/C21H21N5O/c1-16(20-7-4-12-27-20)25-21(26-10-8-22-9-11-26)24-15-17-13-18-5-2-3-6-19(18)23-14-17/h2-7,12-15,22H,1,8-11H2/b24-15+,25-21+. The van der Waals surface area contributed by atoms with E-state index in [-0.39, 0.29) is 0 Å². The van der Waals surface area contributed by atoms with E-state index in [4.69, 9.17) is 4.42 Å². The van der Waals surface area contributed by atoms with Crippen LogP contribution in [0.1, 0.15) is 11.3 Å². The van der Waals surface area contributed by atoms with E-state index in [9.17, 15) is 0 Å². The molecule has 0 unspecified atom stereocenters. The van der Waals surface area contributed by atoms with Gasteiger partial charge in [-0.25, -0.2) is 9.98 Å². The summed E-state index contributed by atoms with van der Waals surface area (Å²) in [6.45, 7) is 7.51. The Labute approximate surface area is 158 Å². The Bertz CT molecular complexity index is 985. The summed E-state index contributed by atoms with van der Waals surface area (Å²) < 4.78 is 5.40. The van der Waals surface area contributed by atoms with E-state index in [1.807, 2.05) is 42.6 Å². The minimum Gasteiger partial charge on any atom is -0.463 e. The van der Waals surface area contributed by atoms with Gasteiger partial charge in [0.25, 0.3) is 0 Å². The molecule has 6 heteroatoms. The molecular weight excluding hydrogens is 338 g/mol. The van der Waals surface area contributed by atoms with Crippen molar-refractivity contribution in [3.8, 4) is 0 Å². The van der Waals surface area contributed by atoms with Crippen LogP contribution >= 0.6 is 0 Å². The van der Waals surface area contributed by atoms with Crippen molar-refractivity contribution >= 4 is 28.8 Å². The summed E-state index contributed by atoms with van der Waals surface area (Å²) in [6.07, 6.45) is 5.24. The molecule has 1 fully saturated rings. The molecule has 1 aliphatic heterocycles. The summed E-state index contributed by atoms with van der Waals surface area (Å²) in [5, 5.41) is 4.43. The smallest absolute Gasteiger partial charge is 0.226 e. The van der Waals surface area contributed by atoms with Gasteiger partial charge in [0.2, 0.25) is 5.96 Å².